The minimum atomic E-state index is -0.136. The van der Waals surface area contributed by atoms with Crippen molar-refractivity contribution in [1.82, 2.24) is 29.8 Å². The van der Waals surface area contributed by atoms with E-state index in [2.05, 4.69) is 20.4 Å². The first-order valence-electron chi connectivity index (χ1n) is 9.99. The summed E-state index contributed by atoms with van der Waals surface area (Å²) in [6, 6.07) is 7.47. The van der Waals surface area contributed by atoms with Crippen LogP contribution in [0.3, 0.4) is 0 Å². The van der Waals surface area contributed by atoms with Crippen molar-refractivity contribution in [2.75, 3.05) is 13.1 Å². The van der Waals surface area contributed by atoms with Gasteiger partial charge in [-0.25, -0.2) is 9.50 Å². The van der Waals surface area contributed by atoms with E-state index in [-0.39, 0.29) is 29.7 Å². The van der Waals surface area contributed by atoms with Gasteiger partial charge in [0.05, 0.1) is 12.1 Å². The Labute approximate surface area is 168 Å². The monoisotopic (exact) mass is 390 g/mol. The molecule has 3 aromatic rings. The van der Waals surface area contributed by atoms with Crippen molar-refractivity contribution in [2.45, 2.75) is 25.3 Å². The van der Waals surface area contributed by atoms with Gasteiger partial charge in [-0.05, 0) is 55.0 Å². The fourth-order valence-corrected chi connectivity index (χ4v) is 4.74. The smallest absolute Gasteiger partial charge is 0.274 e. The summed E-state index contributed by atoms with van der Waals surface area (Å²) in [5.41, 5.74) is 2.24. The minimum Gasteiger partial charge on any atom is -0.355 e. The zero-order valence-electron chi connectivity index (χ0n) is 15.9. The molecule has 3 aromatic heterocycles. The Kier molecular flexibility index (Phi) is 4.46. The van der Waals surface area contributed by atoms with Gasteiger partial charge in [0.2, 0.25) is 5.91 Å². The summed E-state index contributed by atoms with van der Waals surface area (Å²) in [5.74, 6) is 0.0386. The predicted octanol–water partition coefficient (Wildman–Crippen LogP) is 1.33. The summed E-state index contributed by atoms with van der Waals surface area (Å²) < 4.78 is 1.57. The van der Waals surface area contributed by atoms with Crippen LogP contribution < -0.4 is 5.32 Å². The molecule has 1 aliphatic carbocycles. The summed E-state index contributed by atoms with van der Waals surface area (Å²) in [6.45, 7) is 1.20. The molecule has 2 aliphatic rings. The van der Waals surface area contributed by atoms with Crippen molar-refractivity contribution >= 4 is 17.5 Å². The lowest BCUT2D eigenvalue weighted by molar-refractivity contribution is -0.125. The van der Waals surface area contributed by atoms with E-state index in [0.29, 0.717) is 24.4 Å². The Balaban J connectivity index is 1.26. The summed E-state index contributed by atoms with van der Waals surface area (Å²) in [7, 11) is 0. The molecule has 0 aromatic carbocycles. The molecule has 4 heterocycles. The Hall–Kier alpha value is -3.29. The predicted molar refractivity (Wildman–Crippen MR) is 105 cm³/mol. The third-order valence-electron chi connectivity index (χ3n) is 6.11. The molecule has 2 amide bonds. The number of fused-ring (bicyclic) bond motifs is 3. The first-order chi connectivity index (χ1) is 14.2. The first kappa shape index (κ1) is 17.8. The van der Waals surface area contributed by atoms with Crippen molar-refractivity contribution in [2.24, 2.45) is 11.8 Å². The number of hydrogen-bond acceptors (Lipinski definition) is 5. The van der Waals surface area contributed by atoms with Crippen LogP contribution in [-0.2, 0) is 11.2 Å². The quantitative estimate of drug-likeness (QED) is 0.710. The number of piperidine rings is 1. The molecule has 2 bridgehead atoms. The highest BCUT2D eigenvalue weighted by Crippen LogP contribution is 2.43. The highest BCUT2D eigenvalue weighted by molar-refractivity contribution is 5.94. The number of aromatic nitrogens is 4. The second-order valence-electron chi connectivity index (χ2n) is 7.72. The molecule has 3 atom stereocenters. The van der Waals surface area contributed by atoms with Crippen LogP contribution in [0.2, 0.25) is 0 Å². The Morgan fingerprint density at radius 3 is 2.86 bits per heavy atom. The Morgan fingerprint density at radius 2 is 2.00 bits per heavy atom. The summed E-state index contributed by atoms with van der Waals surface area (Å²) in [5, 5.41) is 7.31. The number of rotatable bonds is 5. The van der Waals surface area contributed by atoms with Crippen molar-refractivity contribution in [3.8, 4) is 0 Å². The van der Waals surface area contributed by atoms with Crippen molar-refractivity contribution in [3.05, 3.63) is 60.3 Å². The zero-order chi connectivity index (χ0) is 19.8. The van der Waals surface area contributed by atoms with Crippen LogP contribution >= 0.6 is 0 Å². The molecule has 1 aliphatic heterocycles. The lowest BCUT2D eigenvalue weighted by atomic mass is 9.97. The van der Waals surface area contributed by atoms with Crippen molar-refractivity contribution < 1.29 is 9.59 Å². The average Bonchev–Trinajstić information content (AvgIpc) is 3.46. The molecule has 1 saturated carbocycles. The van der Waals surface area contributed by atoms with E-state index < -0.39 is 0 Å². The lowest BCUT2D eigenvalue weighted by Gasteiger charge is -2.27. The number of imidazole rings is 1. The molecular weight excluding hydrogens is 368 g/mol. The maximum atomic E-state index is 13.2. The Bertz CT molecular complexity index is 1050. The lowest BCUT2D eigenvalue weighted by Crippen LogP contribution is -2.42. The largest absolute Gasteiger partial charge is 0.355 e. The van der Waals surface area contributed by atoms with Gasteiger partial charge in [0, 0.05) is 37.7 Å². The van der Waals surface area contributed by atoms with E-state index >= 15 is 0 Å². The summed E-state index contributed by atoms with van der Waals surface area (Å²) in [6.07, 6.45) is 9.35. The van der Waals surface area contributed by atoms with E-state index in [1.165, 1.54) is 0 Å². The molecule has 0 unspecified atom stereocenters. The molecule has 0 radical (unpaired) electrons. The number of hydrogen-bond donors (Lipinski definition) is 1. The molecule has 1 N–H and O–H groups in total. The Morgan fingerprint density at radius 1 is 1.14 bits per heavy atom. The number of carbonyl (C=O) groups excluding carboxylic acids is 2. The van der Waals surface area contributed by atoms with Crippen LogP contribution in [0.4, 0.5) is 0 Å². The van der Waals surface area contributed by atoms with Crippen molar-refractivity contribution in [1.29, 1.82) is 0 Å². The number of carbonyl (C=O) groups is 2. The second-order valence-corrected chi connectivity index (χ2v) is 7.72. The second kappa shape index (κ2) is 7.27. The van der Waals surface area contributed by atoms with Crippen LogP contribution in [0.15, 0.2) is 49.1 Å². The molecule has 29 heavy (non-hydrogen) atoms. The maximum Gasteiger partial charge on any atom is 0.274 e. The van der Waals surface area contributed by atoms with Crippen LogP contribution in [-0.4, -0.2) is 55.4 Å². The van der Waals surface area contributed by atoms with Gasteiger partial charge in [-0.15, -0.1) is 0 Å². The van der Waals surface area contributed by atoms with E-state index in [4.69, 9.17) is 0 Å². The molecule has 8 heteroatoms. The molecule has 148 valence electrons. The van der Waals surface area contributed by atoms with Gasteiger partial charge in [0.25, 0.3) is 5.91 Å². The van der Waals surface area contributed by atoms with Gasteiger partial charge >= 0.3 is 0 Å². The number of likely N-dealkylation sites (tertiary alicyclic amines) is 1. The van der Waals surface area contributed by atoms with Gasteiger partial charge in [0.15, 0.2) is 11.3 Å². The highest BCUT2D eigenvalue weighted by Gasteiger charge is 2.52. The molecular formula is C21H22N6O2. The van der Waals surface area contributed by atoms with Crippen LogP contribution in [0, 0.1) is 11.8 Å². The van der Waals surface area contributed by atoms with Crippen LogP contribution in [0.25, 0.3) is 5.65 Å². The third-order valence-corrected chi connectivity index (χ3v) is 6.11. The number of nitrogens with one attached hydrogen (secondary N) is 1. The number of pyridine rings is 1. The first-order valence-corrected chi connectivity index (χ1v) is 9.99. The van der Waals surface area contributed by atoms with Gasteiger partial charge < -0.3 is 10.2 Å². The van der Waals surface area contributed by atoms with Gasteiger partial charge in [-0.2, -0.15) is 5.10 Å². The van der Waals surface area contributed by atoms with E-state index in [1.807, 2.05) is 23.1 Å². The molecule has 2 fully saturated rings. The standard InChI is InChI=1S/C21H22N6O2/c28-20(23-11-7-14-5-9-22-10-6-14)19-15-3-4-16(19)26(13-15)21(29)17-12-24-18-2-1-8-25-27(17)18/h1-2,5-6,8-10,12,15-16,19H,3-4,7,11,13H2,(H,23,28)/t15-,16-,19+/m0/s1. The van der Waals surface area contributed by atoms with Crippen molar-refractivity contribution in [3.63, 3.8) is 0 Å². The van der Waals surface area contributed by atoms with E-state index in [0.717, 1.165) is 24.8 Å². The zero-order valence-corrected chi connectivity index (χ0v) is 15.9. The maximum absolute atomic E-state index is 13.2. The normalized spacial score (nSPS) is 22.9. The van der Waals surface area contributed by atoms with Crippen LogP contribution in [0.1, 0.15) is 28.9 Å². The SMILES string of the molecule is O=C(NCCc1ccncc1)[C@@H]1[C@H]2CC[C@@H]1N(C(=O)c1cnc3cccnn13)C2. The average molecular weight is 390 g/mol. The summed E-state index contributed by atoms with van der Waals surface area (Å²) >= 11 is 0. The van der Waals surface area contributed by atoms with E-state index in [1.54, 1.807) is 35.4 Å². The highest BCUT2D eigenvalue weighted by atomic mass is 16.2. The summed E-state index contributed by atoms with van der Waals surface area (Å²) in [4.78, 5) is 36.2. The fraction of sp³-hybridized carbons (Fsp3) is 0.381. The van der Waals surface area contributed by atoms with Crippen LogP contribution in [0.5, 0.6) is 0 Å². The van der Waals surface area contributed by atoms with Gasteiger partial charge in [-0.1, -0.05) is 0 Å². The molecule has 1 saturated heterocycles. The number of nitrogens with zero attached hydrogens (tertiary/aromatic N) is 5. The van der Waals surface area contributed by atoms with E-state index in [9.17, 15) is 9.59 Å². The topological polar surface area (TPSA) is 92.5 Å². The molecule has 0 spiro atoms. The molecule has 5 rings (SSSR count). The van der Waals surface area contributed by atoms with Gasteiger partial charge in [0.1, 0.15) is 0 Å². The van der Waals surface area contributed by atoms with Gasteiger partial charge in [-0.3, -0.25) is 14.6 Å². The minimum absolute atomic E-state index is 0.0531. The molecule has 8 nitrogen and oxygen atoms in total. The number of amides is 2. The third kappa shape index (κ3) is 3.14. The fourth-order valence-electron chi connectivity index (χ4n) is 4.74.